The molecule has 0 amide bonds. The summed E-state index contributed by atoms with van der Waals surface area (Å²) < 4.78 is 58.3. The van der Waals surface area contributed by atoms with Gasteiger partial charge in [0.2, 0.25) is 19.8 Å². The largest absolute Gasteiger partial charge is 0.276 e. The van der Waals surface area contributed by atoms with E-state index in [2.05, 4.69) is 40.8 Å². The molecule has 10 rings (SSSR count). The van der Waals surface area contributed by atoms with Crippen molar-refractivity contribution in [1.29, 1.82) is 0 Å². The molecule has 0 atom stereocenters. The molecule has 1 aliphatic heterocycles. The lowest BCUT2D eigenvalue weighted by atomic mass is 9.78. The van der Waals surface area contributed by atoms with Gasteiger partial charge in [-0.2, -0.15) is 0 Å². The fourth-order valence-electron chi connectivity index (χ4n) is 7.86. The fraction of sp³-hybridized carbons (Fsp3) is 0.0682. The second-order valence-electron chi connectivity index (χ2n) is 12.8. The molecule has 0 N–H and O–H groups in total. The van der Waals surface area contributed by atoms with Gasteiger partial charge in [-0.15, -0.1) is 0 Å². The summed E-state index contributed by atoms with van der Waals surface area (Å²) in [6, 6.07) is 51.1. The Kier molecular flexibility index (Phi) is 5.45. The van der Waals surface area contributed by atoms with Crippen LogP contribution >= 0.6 is 11.8 Å². The molecule has 3 aromatic heterocycles. The maximum atomic E-state index is 9.03. The van der Waals surface area contributed by atoms with Gasteiger partial charge in [-0.3, -0.25) is 4.40 Å². The van der Waals surface area contributed by atoms with Gasteiger partial charge in [-0.1, -0.05) is 147 Å². The summed E-state index contributed by atoms with van der Waals surface area (Å²) >= 11 is 1.44. The summed E-state index contributed by atoms with van der Waals surface area (Å²) in [5.74, 6) is 1.10. The van der Waals surface area contributed by atoms with Crippen molar-refractivity contribution in [3.05, 3.63) is 175 Å². The summed E-state index contributed by atoms with van der Waals surface area (Å²) in [7, 11) is -3.57. The van der Waals surface area contributed by atoms with Crippen LogP contribution in [0.5, 0.6) is 0 Å². The highest BCUT2D eigenvalue weighted by atomic mass is 32.2. The van der Waals surface area contributed by atoms with E-state index in [0.717, 1.165) is 42.9 Å². The molecule has 0 saturated carbocycles. The Balaban J connectivity index is 1.34. The number of hydrogen-bond acceptors (Lipinski definition) is 4. The third kappa shape index (κ3) is 4.31. The van der Waals surface area contributed by atoms with Crippen molar-refractivity contribution in [1.82, 2.24) is 23.9 Å². The molecule has 1 aliphatic rings. The van der Waals surface area contributed by atoms with E-state index in [9.17, 15) is 0 Å². The van der Waals surface area contributed by atoms with Gasteiger partial charge in [0, 0.05) is 34.9 Å². The Hall–Kier alpha value is -5.76. The van der Waals surface area contributed by atoms with E-state index in [-0.39, 0.29) is 11.1 Å². The SMILES string of the molecule is [2H]C([2H])([2H])C1(C([2H])([2H])[2H])c2ccccc2Sc2c1cccc2[Si](c1ccccc1)(c1ccccc1)c1ccnc(-n2c3ccccc3n3c4ccccc4nc23)n1. The topological polar surface area (TPSA) is 48.0 Å². The van der Waals surface area contributed by atoms with Crippen LogP contribution in [0.15, 0.2) is 174 Å². The highest BCUT2D eigenvalue weighted by Gasteiger charge is 2.47. The maximum absolute atomic E-state index is 9.03. The number of para-hydroxylation sites is 4. The first-order valence-corrected chi connectivity index (χ1v) is 19.6. The van der Waals surface area contributed by atoms with Crippen molar-refractivity contribution >= 4 is 68.6 Å². The zero-order chi connectivity index (χ0) is 39.2. The Labute approximate surface area is 309 Å². The van der Waals surface area contributed by atoms with Crippen molar-refractivity contribution in [3.8, 4) is 5.95 Å². The lowest BCUT2D eigenvalue weighted by Crippen LogP contribution is -2.76. The predicted molar refractivity (Wildman–Crippen MR) is 211 cm³/mol. The number of rotatable bonds is 5. The third-order valence-corrected chi connectivity index (χ3v) is 16.1. The molecular weight excluding hydrogens is 659 g/mol. The van der Waals surface area contributed by atoms with E-state index in [1.807, 2.05) is 108 Å². The molecule has 51 heavy (non-hydrogen) atoms. The van der Waals surface area contributed by atoms with Crippen molar-refractivity contribution in [2.24, 2.45) is 0 Å². The summed E-state index contributed by atoms with van der Waals surface area (Å²) in [5, 5.41) is 3.58. The molecule has 0 saturated heterocycles. The summed E-state index contributed by atoms with van der Waals surface area (Å²) in [4.78, 5) is 16.8. The average Bonchev–Trinajstić information content (AvgIpc) is 3.75. The van der Waals surface area contributed by atoms with Gasteiger partial charge in [-0.05, 0) is 63.1 Å². The third-order valence-electron chi connectivity index (χ3n) is 10.1. The monoisotopic (exact) mass is 697 g/mol. The van der Waals surface area contributed by atoms with Crippen LogP contribution in [0.3, 0.4) is 0 Å². The first-order chi connectivity index (χ1) is 27.6. The number of imidazole rings is 2. The van der Waals surface area contributed by atoms with E-state index in [4.69, 9.17) is 23.2 Å². The van der Waals surface area contributed by atoms with E-state index in [1.165, 1.54) is 11.8 Å². The van der Waals surface area contributed by atoms with E-state index >= 15 is 0 Å². The molecule has 9 aromatic rings. The lowest BCUT2D eigenvalue weighted by Gasteiger charge is -2.40. The van der Waals surface area contributed by atoms with Gasteiger partial charge < -0.3 is 0 Å². The summed E-state index contributed by atoms with van der Waals surface area (Å²) in [5.41, 5.74) is 1.92. The maximum Gasteiger partial charge on any atom is 0.236 e. The Morgan fingerprint density at radius 3 is 2.02 bits per heavy atom. The molecule has 0 unspecified atom stereocenters. The van der Waals surface area contributed by atoms with Gasteiger partial charge in [-0.25, -0.2) is 19.5 Å². The normalized spacial score (nSPS) is 16.0. The van der Waals surface area contributed by atoms with Crippen LogP contribution in [0, 0.1) is 0 Å². The lowest BCUT2D eigenvalue weighted by molar-refractivity contribution is 0.608. The van der Waals surface area contributed by atoms with Crippen molar-refractivity contribution in [2.75, 3.05) is 0 Å². The number of benzene rings is 6. The van der Waals surface area contributed by atoms with Crippen LogP contribution in [0.1, 0.15) is 33.1 Å². The number of nitrogens with zero attached hydrogens (tertiary/aromatic N) is 5. The van der Waals surface area contributed by atoms with Crippen LogP contribution in [-0.2, 0) is 5.41 Å². The highest BCUT2D eigenvalue weighted by molar-refractivity contribution is 7.99. The highest BCUT2D eigenvalue weighted by Crippen LogP contribution is 2.48. The minimum Gasteiger partial charge on any atom is -0.276 e. The standard InChI is InChI=1S/C44H33N5SSi/c1-44(2)32-20-9-14-26-38(32)50-41-33(44)21-15-27-39(41)51(30-16-5-3-6-17-30,31-18-7-4-8-19-31)40-28-29-45-42(47-40)49-37-25-13-12-24-36(37)48-35-23-11-10-22-34(35)46-43(48)49/h3-29H,1-2H3/i1D3,2D3. The van der Waals surface area contributed by atoms with E-state index in [1.54, 1.807) is 24.4 Å². The molecule has 0 fully saturated rings. The van der Waals surface area contributed by atoms with Gasteiger partial charge in [0.1, 0.15) is 0 Å². The average molecular weight is 698 g/mol. The molecule has 244 valence electrons. The van der Waals surface area contributed by atoms with E-state index in [0.29, 0.717) is 21.5 Å². The van der Waals surface area contributed by atoms with Gasteiger partial charge in [0.05, 0.1) is 22.1 Å². The second kappa shape index (κ2) is 11.4. The first-order valence-electron chi connectivity index (χ1n) is 19.8. The van der Waals surface area contributed by atoms with E-state index < -0.39 is 27.2 Å². The number of fused-ring (bicyclic) bond motifs is 7. The molecule has 0 spiro atoms. The van der Waals surface area contributed by atoms with Crippen molar-refractivity contribution in [3.63, 3.8) is 0 Å². The Bertz CT molecular complexity index is 2940. The molecule has 0 radical (unpaired) electrons. The minimum absolute atomic E-state index is 0.268. The molecule has 4 heterocycles. The van der Waals surface area contributed by atoms with Gasteiger partial charge in [0.25, 0.3) is 0 Å². The van der Waals surface area contributed by atoms with Gasteiger partial charge in [0.15, 0.2) is 0 Å². The zero-order valence-corrected chi connectivity index (χ0v) is 29.0. The molecule has 6 aromatic carbocycles. The molecule has 7 heteroatoms. The second-order valence-corrected chi connectivity index (χ2v) is 17.6. The fourth-order valence-corrected chi connectivity index (χ4v) is 14.3. The van der Waals surface area contributed by atoms with Crippen LogP contribution in [0.25, 0.3) is 33.8 Å². The smallest absolute Gasteiger partial charge is 0.236 e. The molecule has 5 nitrogen and oxygen atoms in total. The van der Waals surface area contributed by atoms with Crippen molar-refractivity contribution < 1.29 is 8.22 Å². The zero-order valence-electron chi connectivity index (χ0n) is 33.2. The molecule has 0 bridgehead atoms. The number of aromatic nitrogens is 5. The van der Waals surface area contributed by atoms with Gasteiger partial charge >= 0.3 is 0 Å². The van der Waals surface area contributed by atoms with Crippen molar-refractivity contribution in [2.45, 2.75) is 28.9 Å². The van der Waals surface area contributed by atoms with Crippen LogP contribution in [0.4, 0.5) is 0 Å². The number of hydrogen-bond donors (Lipinski definition) is 0. The Morgan fingerprint density at radius 2 is 1.25 bits per heavy atom. The summed E-state index contributed by atoms with van der Waals surface area (Å²) in [6.45, 7) is -5.85. The first kappa shape index (κ1) is 24.4. The Morgan fingerprint density at radius 1 is 0.608 bits per heavy atom. The minimum atomic E-state index is -3.57. The van der Waals surface area contributed by atoms with Crippen LogP contribution in [-0.4, -0.2) is 32.0 Å². The van der Waals surface area contributed by atoms with Crippen LogP contribution in [0.2, 0.25) is 0 Å². The quantitative estimate of drug-likeness (QED) is 0.139. The summed E-state index contributed by atoms with van der Waals surface area (Å²) in [6.07, 6.45) is 1.78. The molecular formula is C44H33N5SSi. The van der Waals surface area contributed by atoms with Crippen LogP contribution < -0.4 is 20.9 Å². The molecule has 0 aliphatic carbocycles. The predicted octanol–water partition coefficient (Wildman–Crippen LogP) is 7.39.